The van der Waals surface area contributed by atoms with Crippen LogP contribution in [-0.4, -0.2) is 17.4 Å². The number of nitrogens with one attached hydrogen (secondary N) is 1. The van der Waals surface area contributed by atoms with Crippen molar-refractivity contribution in [2.24, 2.45) is 11.1 Å². The Kier molecular flexibility index (Phi) is 8.98. The second-order valence-corrected chi connectivity index (χ2v) is 5.51. The van der Waals surface area contributed by atoms with Crippen LogP contribution in [0.25, 0.3) is 0 Å². The predicted octanol–water partition coefficient (Wildman–Crippen LogP) is 3.17. The molecule has 3 nitrogen and oxygen atoms in total. The molecular weight excluding hydrogens is 244 g/mol. The Balaban J connectivity index is 3.79. The Morgan fingerprint density at radius 3 is 2.22 bits per heavy atom. The number of carbonyl (C=O) groups is 1. The first-order valence-corrected chi connectivity index (χ1v) is 7.48. The van der Waals surface area contributed by atoms with Crippen LogP contribution in [0.3, 0.4) is 0 Å². The summed E-state index contributed by atoms with van der Waals surface area (Å²) < 4.78 is 0. The molecule has 1 atom stereocenters. The minimum atomic E-state index is -0.697. The lowest BCUT2D eigenvalue weighted by molar-refractivity contribution is -0.126. The van der Waals surface area contributed by atoms with Crippen LogP contribution >= 0.6 is 12.2 Å². The van der Waals surface area contributed by atoms with Gasteiger partial charge in [0.1, 0.15) is 0 Å². The number of amides is 1. The molecule has 0 aromatic heterocycles. The third-order valence-electron chi connectivity index (χ3n) is 3.57. The predicted molar refractivity (Wildman–Crippen MR) is 81.6 cm³/mol. The summed E-state index contributed by atoms with van der Waals surface area (Å²) in [6.45, 7) is 6.68. The number of nitrogens with two attached hydrogens (primary N) is 1. The minimum absolute atomic E-state index is 0.0361. The third kappa shape index (κ3) is 5.80. The van der Waals surface area contributed by atoms with E-state index in [1.165, 1.54) is 32.1 Å². The van der Waals surface area contributed by atoms with Crippen LogP contribution in [0.2, 0.25) is 0 Å². The minimum Gasteiger partial charge on any atom is -0.392 e. The lowest BCUT2D eigenvalue weighted by Crippen LogP contribution is -2.46. The van der Waals surface area contributed by atoms with E-state index in [4.69, 9.17) is 18.0 Å². The van der Waals surface area contributed by atoms with Gasteiger partial charge in [-0.1, -0.05) is 58.2 Å². The van der Waals surface area contributed by atoms with Gasteiger partial charge in [-0.15, -0.1) is 0 Å². The van der Waals surface area contributed by atoms with E-state index in [9.17, 15) is 4.79 Å². The van der Waals surface area contributed by atoms with E-state index in [0.29, 0.717) is 6.42 Å². The molecule has 0 bridgehead atoms. The van der Waals surface area contributed by atoms with Gasteiger partial charge in [0.15, 0.2) is 0 Å². The molecule has 18 heavy (non-hydrogen) atoms. The third-order valence-corrected chi connectivity index (χ3v) is 4.02. The van der Waals surface area contributed by atoms with E-state index < -0.39 is 5.41 Å². The van der Waals surface area contributed by atoms with Crippen LogP contribution in [0, 0.1) is 5.41 Å². The van der Waals surface area contributed by atoms with Crippen LogP contribution in [0.1, 0.15) is 65.7 Å². The quantitative estimate of drug-likeness (QED) is 0.474. The van der Waals surface area contributed by atoms with Gasteiger partial charge in [0.2, 0.25) is 5.91 Å². The smallest absolute Gasteiger partial charge is 0.232 e. The molecule has 0 fully saturated rings. The van der Waals surface area contributed by atoms with Crippen LogP contribution in [0.15, 0.2) is 0 Å². The molecule has 0 aliphatic carbocycles. The highest BCUT2D eigenvalue weighted by Crippen LogP contribution is 2.21. The largest absolute Gasteiger partial charge is 0.392 e. The van der Waals surface area contributed by atoms with Gasteiger partial charge in [-0.3, -0.25) is 4.79 Å². The zero-order valence-electron chi connectivity index (χ0n) is 12.1. The van der Waals surface area contributed by atoms with E-state index in [1.54, 1.807) is 0 Å². The molecule has 106 valence electrons. The summed E-state index contributed by atoms with van der Waals surface area (Å²) >= 11 is 4.97. The molecule has 0 rings (SSSR count). The Bertz CT molecular complexity index is 269. The normalized spacial score (nSPS) is 13.9. The van der Waals surface area contributed by atoms with Gasteiger partial charge < -0.3 is 11.1 Å². The van der Waals surface area contributed by atoms with E-state index in [2.05, 4.69) is 12.2 Å². The second-order valence-electron chi connectivity index (χ2n) is 5.07. The number of thiocarbonyl (C=S) groups is 1. The van der Waals surface area contributed by atoms with E-state index in [0.717, 1.165) is 13.0 Å². The van der Waals surface area contributed by atoms with Gasteiger partial charge in [0.05, 0.1) is 10.4 Å². The van der Waals surface area contributed by atoms with Gasteiger partial charge in [-0.25, -0.2) is 0 Å². The summed E-state index contributed by atoms with van der Waals surface area (Å²) in [6, 6.07) is 0. The maximum absolute atomic E-state index is 12.0. The summed E-state index contributed by atoms with van der Waals surface area (Å²) in [5.74, 6) is -0.0361. The van der Waals surface area contributed by atoms with Crippen molar-refractivity contribution in [3.8, 4) is 0 Å². The van der Waals surface area contributed by atoms with Crippen molar-refractivity contribution >= 4 is 23.1 Å². The van der Waals surface area contributed by atoms with Crippen molar-refractivity contribution in [2.75, 3.05) is 6.54 Å². The average Bonchev–Trinajstić information content (AvgIpc) is 2.36. The molecule has 0 aromatic carbocycles. The van der Waals surface area contributed by atoms with Crippen molar-refractivity contribution in [3.05, 3.63) is 0 Å². The highest BCUT2D eigenvalue weighted by Gasteiger charge is 2.33. The molecule has 0 aliphatic rings. The zero-order chi connectivity index (χ0) is 14.0. The van der Waals surface area contributed by atoms with Crippen molar-refractivity contribution in [3.63, 3.8) is 0 Å². The number of rotatable bonds is 10. The molecule has 0 aromatic rings. The van der Waals surface area contributed by atoms with E-state index in [-0.39, 0.29) is 10.9 Å². The highest BCUT2D eigenvalue weighted by atomic mass is 32.1. The fraction of sp³-hybridized carbons (Fsp3) is 0.857. The van der Waals surface area contributed by atoms with Crippen LogP contribution in [0.4, 0.5) is 0 Å². The van der Waals surface area contributed by atoms with Gasteiger partial charge in [0.25, 0.3) is 0 Å². The molecule has 0 radical (unpaired) electrons. The monoisotopic (exact) mass is 272 g/mol. The lowest BCUT2D eigenvalue weighted by atomic mass is 9.86. The molecule has 0 spiro atoms. The Morgan fingerprint density at radius 2 is 1.72 bits per heavy atom. The Hall–Kier alpha value is -0.640. The maximum atomic E-state index is 12.0. The topological polar surface area (TPSA) is 55.1 Å². The van der Waals surface area contributed by atoms with Crippen LogP contribution in [0.5, 0.6) is 0 Å². The number of carbonyl (C=O) groups excluding carboxylic acids is 1. The summed E-state index contributed by atoms with van der Waals surface area (Å²) in [7, 11) is 0. The fourth-order valence-corrected chi connectivity index (χ4v) is 1.99. The van der Waals surface area contributed by atoms with Gasteiger partial charge in [0, 0.05) is 6.54 Å². The number of hydrogen-bond donors (Lipinski definition) is 2. The average molecular weight is 272 g/mol. The second kappa shape index (κ2) is 9.31. The molecule has 0 saturated carbocycles. The molecular formula is C14H28N2OS. The molecule has 4 heteroatoms. The first-order valence-electron chi connectivity index (χ1n) is 7.07. The SMILES string of the molecule is CCCCCCCCNC(=O)C(C)(CC)C(N)=S. The summed E-state index contributed by atoms with van der Waals surface area (Å²) in [5.41, 5.74) is 4.94. The molecule has 0 heterocycles. The molecule has 1 amide bonds. The maximum Gasteiger partial charge on any atom is 0.232 e. The van der Waals surface area contributed by atoms with Crippen molar-refractivity contribution in [1.29, 1.82) is 0 Å². The number of hydrogen-bond acceptors (Lipinski definition) is 2. The zero-order valence-corrected chi connectivity index (χ0v) is 12.9. The van der Waals surface area contributed by atoms with E-state index in [1.807, 2.05) is 13.8 Å². The lowest BCUT2D eigenvalue weighted by Gasteiger charge is -2.25. The number of unbranched alkanes of at least 4 members (excludes halogenated alkanes) is 5. The summed E-state index contributed by atoms with van der Waals surface area (Å²) in [4.78, 5) is 12.3. The Labute approximate surface area is 117 Å². The Morgan fingerprint density at radius 1 is 1.17 bits per heavy atom. The van der Waals surface area contributed by atoms with Crippen molar-refractivity contribution in [1.82, 2.24) is 5.32 Å². The summed E-state index contributed by atoms with van der Waals surface area (Å²) in [6.07, 6.45) is 7.97. The first-order chi connectivity index (χ1) is 8.49. The molecule has 0 saturated heterocycles. The molecule has 3 N–H and O–H groups in total. The van der Waals surface area contributed by atoms with E-state index >= 15 is 0 Å². The fourth-order valence-electron chi connectivity index (χ4n) is 1.75. The molecule has 0 aliphatic heterocycles. The van der Waals surface area contributed by atoms with Crippen molar-refractivity contribution in [2.45, 2.75) is 65.7 Å². The standard InChI is InChI=1S/C14H28N2OS/c1-4-6-7-8-9-10-11-16-13(17)14(3,5-2)12(15)18/h4-11H2,1-3H3,(H2,15,18)(H,16,17). The van der Waals surface area contributed by atoms with Gasteiger partial charge in [-0.2, -0.15) is 0 Å². The van der Waals surface area contributed by atoms with Gasteiger partial charge in [-0.05, 0) is 19.8 Å². The van der Waals surface area contributed by atoms with Crippen molar-refractivity contribution < 1.29 is 4.79 Å². The summed E-state index contributed by atoms with van der Waals surface area (Å²) in [5, 5.41) is 2.94. The van der Waals surface area contributed by atoms with Gasteiger partial charge >= 0.3 is 0 Å². The highest BCUT2D eigenvalue weighted by molar-refractivity contribution is 7.80. The molecule has 1 unspecified atom stereocenters. The van der Waals surface area contributed by atoms with Crippen LogP contribution in [-0.2, 0) is 4.79 Å². The van der Waals surface area contributed by atoms with Crippen LogP contribution < -0.4 is 11.1 Å². The first kappa shape index (κ1) is 17.4.